The molecule has 1 aromatic heterocycles. The van der Waals surface area contributed by atoms with Crippen molar-refractivity contribution in [2.24, 2.45) is 0 Å². The highest BCUT2D eigenvalue weighted by molar-refractivity contribution is 6.42. The van der Waals surface area contributed by atoms with Crippen LogP contribution in [0.1, 0.15) is 12.6 Å². The van der Waals surface area contributed by atoms with Crippen molar-refractivity contribution in [1.82, 2.24) is 9.97 Å². The van der Waals surface area contributed by atoms with Crippen LogP contribution in [0.5, 0.6) is 0 Å². The predicted octanol–water partition coefficient (Wildman–Crippen LogP) is 4.81. The Balaban J connectivity index is 2.21. The second-order valence-corrected chi connectivity index (χ2v) is 6.29. The molecule has 0 fully saturated rings. The standard InChI is InChI=1S/C17H13Cl2N3O2/c1-10(22(23)24)7-16-17(11-5-3-2-4-6-11)21-15-9-13(19)12(18)8-14(15)20-16/h2-6,8-10H,7H2,1H3. The molecule has 0 radical (unpaired) electrons. The van der Waals surface area contributed by atoms with Gasteiger partial charge in [0.2, 0.25) is 6.04 Å². The second kappa shape index (κ2) is 6.71. The number of rotatable bonds is 4. The van der Waals surface area contributed by atoms with Crippen molar-refractivity contribution in [3.8, 4) is 11.3 Å². The van der Waals surface area contributed by atoms with Crippen LogP contribution in [0, 0.1) is 10.1 Å². The first-order valence-electron chi connectivity index (χ1n) is 7.30. The molecule has 0 amide bonds. The van der Waals surface area contributed by atoms with Crippen LogP contribution in [0.3, 0.4) is 0 Å². The summed E-state index contributed by atoms with van der Waals surface area (Å²) >= 11 is 12.1. The Morgan fingerprint density at radius 1 is 1.08 bits per heavy atom. The molecule has 0 saturated carbocycles. The van der Waals surface area contributed by atoms with Gasteiger partial charge in [-0.2, -0.15) is 0 Å². The molecule has 0 saturated heterocycles. The Kier molecular flexibility index (Phi) is 4.64. The fourth-order valence-electron chi connectivity index (χ4n) is 2.41. The van der Waals surface area contributed by atoms with E-state index in [4.69, 9.17) is 23.2 Å². The summed E-state index contributed by atoms with van der Waals surface area (Å²) < 4.78 is 0. The molecule has 24 heavy (non-hydrogen) atoms. The van der Waals surface area contributed by atoms with Crippen molar-refractivity contribution in [3.05, 3.63) is 68.3 Å². The highest BCUT2D eigenvalue weighted by Gasteiger charge is 2.20. The summed E-state index contributed by atoms with van der Waals surface area (Å²) in [5.41, 5.74) is 3.20. The average Bonchev–Trinajstić information content (AvgIpc) is 2.56. The Morgan fingerprint density at radius 2 is 1.67 bits per heavy atom. The second-order valence-electron chi connectivity index (χ2n) is 5.48. The van der Waals surface area contributed by atoms with Gasteiger partial charge in [-0.25, -0.2) is 9.97 Å². The Labute approximate surface area is 148 Å². The van der Waals surface area contributed by atoms with Gasteiger partial charge in [-0.3, -0.25) is 10.1 Å². The zero-order chi connectivity index (χ0) is 17.3. The highest BCUT2D eigenvalue weighted by Crippen LogP contribution is 2.29. The summed E-state index contributed by atoms with van der Waals surface area (Å²) in [6.45, 7) is 1.55. The van der Waals surface area contributed by atoms with E-state index in [-0.39, 0.29) is 11.3 Å². The van der Waals surface area contributed by atoms with Crippen LogP contribution in [0.4, 0.5) is 0 Å². The van der Waals surface area contributed by atoms with E-state index in [0.29, 0.717) is 32.5 Å². The van der Waals surface area contributed by atoms with Crippen molar-refractivity contribution < 1.29 is 4.92 Å². The fraction of sp³-hybridized carbons (Fsp3) is 0.176. The molecular weight excluding hydrogens is 349 g/mol. The molecule has 3 rings (SSSR count). The van der Waals surface area contributed by atoms with E-state index in [1.165, 1.54) is 0 Å². The zero-order valence-electron chi connectivity index (χ0n) is 12.7. The number of fused-ring (bicyclic) bond motifs is 1. The van der Waals surface area contributed by atoms with E-state index in [0.717, 1.165) is 5.56 Å². The van der Waals surface area contributed by atoms with Crippen LogP contribution in [-0.4, -0.2) is 20.9 Å². The first-order valence-corrected chi connectivity index (χ1v) is 8.06. The lowest BCUT2D eigenvalue weighted by atomic mass is 10.0. The number of hydrogen-bond donors (Lipinski definition) is 0. The van der Waals surface area contributed by atoms with E-state index < -0.39 is 6.04 Å². The van der Waals surface area contributed by atoms with Gasteiger partial charge in [0.1, 0.15) is 0 Å². The molecule has 1 heterocycles. The minimum Gasteiger partial charge on any atom is -0.264 e. The van der Waals surface area contributed by atoms with Gasteiger partial charge in [-0.05, 0) is 12.1 Å². The van der Waals surface area contributed by atoms with Gasteiger partial charge < -0.3 is 0 Å². The maximum absolute atomic E-state index is 11.0. The molecule has 3 aromatic rings. The maximum Gasteiger partial charge on any atom is 0.216 e. The fourth-order valence-corrected chi connectivity index (χ4v) is 2.73. The Bertz CT molecular complexity index is 917. The molecule has 0 spiro atoms. The van der Waals surface area contributed by atoms with Gasteiger partial charge in [0.25, 0.3) is 0 Å². The Morgan fingerprint density at radius 3 is 2.25 bits per heavy atom. The SMILES string of the molecule is CC(Cc1nc2cc(Cl)c(Cl)cc2nc1-c1ccccc1)[N+](=O)[O-]. The number of nitrogens with zero attached hydrogens (tertiary/aromatic N) is 3. The zero-order valence-corrected chi connectivity index (χ0v) is 14.3. The summed E-state index contributed by atoms with van der Waals surface area (Å²) in [6, 6.07) is 12.0. The van der Waals surface area contributed by atoms with E-state index >= 15 is 0 Å². The van der Waals surface area contributed by atoms with Gasteiger partial charge in [-0.15, -0.1) is 0 Å². The lowest BCUT2D eigenvalue weighted by Crippen LogP contribution is -2.19. The molecule has 1 unspecified atom stereocenters. The average molecular weight is 362 g/mol. The third-order valence-corrected chi connectivity index (χ3v) is 4.40. The lowest BCUT2D eigenvalue weighted by Gasteiger charge is -2.11. The van der Waals surface area contributed by atoms with Gasteiger partial charge in [0.05, 0.1) is 38.9 Å². The summed E-state index contributed by atoms with van der Waals surface area (Å²) in [5.74, 6) is 0. The smallest absolute Gasteiger partial charge is 0.216 e. The molecule has 2 aromatic carbocycles. The summed E-state index contributed by atoms with van der Waals surface area (Å²) in [7, 11) is 0. The highest BCUT2D eigenvalue weighted by atomic mass is 35.5. The number of nitro groups is 1. The third kappa shape index (κ3) is 3.32. The first-order chi connectivity index (χ1) is 11.5. The van der Waals surface area contributed by atoms with E-state index in [1.54, 1.807) is 19.1 Å². The van der Waals surface area contributed by atoms with Crippen LogP contribution < -0.4 is 0 Å². The summed E-state index contributed by atoms with van der Waals surface area (Å²) in [4.78, 5) is 19.9. The van der Waals surface area contributed by atoms with E-state index in [9.17, 15) is 10.1 Å². The van der Waals surface area contributed by atoms with Crippen molar-refractivity contribution in [1.29, 1.82) is 0 Å². The lowest BCUT2D eigenvalue weighted by molar-refractivity contribution is -0.517. The van der Waals surface area contributed by atoms with Crippen LogP contribution in [0.15, 0.2) is 42.5 Å². The molecule has 0 aliphatic carbocycles. The molecule has 0 bridgehead atoms. The molecule has 0 N–H and O–H groups in total. The predicted molar refractivity (Wildman–Crippen MR) is 95.2 cm³/mol. The quantitative estimate of drug-likeness (QED) is 0.493. The molecule has 5 nitrogen and oxygen atoms in total. The van der Waals surface area contributed by atoms with Crippen molar-refractivity contribution >= 4 is 34.2 Å². The van der Waals surface area contributed by atoms with E-state index in [1.807, 2.05) is 30.3 Å². The maximum atomic E-state index is 11.0. The minimum atomic E-state index is -0.762. The van der Waals surface area contributed by atoms with Crippen molar-refractivity contribution in [2.75, 3.05) is 0 Å². The molecule has 7 heteroatoms. The largest absolute Gasteiger partial charge is 0.264 e. The monoisotopic (exact) mass is 361 g/mol. The number of halogens is 2. The van der Waals surface area contributed by atoms with Gasteiger partial charge in [0, 0.05) is 17.4 Å². The number of aromatic nitrogens is 2. The van der Waals surface area contributed by atoms with Gasteiger partial charge in [-0.1, -0.05) is 53.5 Å². The first kappa shape index (κ1) is 16.6. The normalized spacial score (nSPS) is 12.3. The minimum absolute atomic E-state index is 0.181. The van der Waals surface area contributed by atoms with Gasteiger partial charge in [0.15, 0.2) is 0 Å². The number of hydrogen-bond acceptors (Lipinski definition) is 4. The van der Waals surface area contributed by atoms with Crippen LogP contribution >= 0.6 is 23.2 Å². The van der Waals surface area contributed by atoms with Gasteiger partial charge >= 0.3 is 0 Å². The Hall–Kier alpha value is -2.24. The summed E-state index contributed by atoms with van der Waals surface area (Å²) in [5, 5.41) is 11.8. The van der Waals surface area contributed by atoms with Crippen LogP contribution in [-0.2, 0) is 6.42 Å². The van der Waals surface area contributed by atoms with Crippen molar-refractivity contribution in [3.63, 3.8) is 0 Å². The topological polar surface area (TPSA) is 68.9 Å². The summed E-state index contributed by atoms with van der Waals surface area (Å²) in [6.07, 6.45) is 0.181. The molecule has 0 aliphatic heterocycles. The molecule has 1 atom stereocenters. The van der Waals surface area contributed by atoms with Crippen molar-refractivity contribution in [2.45, 2.75) is 19.4 Å². The van der Waals surface area contributed by atoms with Crippen LogP contribution in [0.2, 0.25) is 10.0 Å². The molecule has 0 aliphatic rings. The molecular formula is C17H13Cl2N3O2. The van der Waals surface area contributed by atoms with Crippen LogP contribution in [0.25, 0.3) is 22.3 Å². The third-order valence-electron chi connectivity index (χ3n) is 3.67. The number of benzene rings is 2. The van der Waals surface area contributed by atoms with E-state index in [2.05, 4.69) is 9.97 Å². The molecule has 122 valence electrons.